The molecule has 2 N–H and O–H groups in total. The first-order valence-corrected chi connectivity index (χ1v) is 9.01. The fourth-order valence-electron chi connectivity index (χ4n) is 2.18. The van der Waals surface area contributed by atoms with Crippen LogP contribution in [-0.2, 0) is 10.0 Å². The smallest absolute Gasteiger partial charge is 0.335 e. The average Bonchev–Trinajstić information content (AvgIpc) is 2.53. The summed E-state index contributed by atoms with van der Waals surface area (Å²) in [6.45, 7) is 1.91. The number of unbranched alkanes of at least 4 members (excludes halogenated alkanes) is 1. The second-order valence-corrected chi connectivity index (χ2v) is 7.05. The minimum atomic E-state index is -3.51. The molecule has 0 aliphatic rings. The molecule has 0 spiro atoms. The minimum Gasteiger partial charge on any atom is -0.478 e. The van der Waals surface area contributed by atoms with Gasteiger partial charge >= 0.3 is 5.97 Å². The average molecular weight is 333 g/mol. The van der Waals surface area contributed by atoms with E-state index in [0.29, 0.717) is 12.0 Å². The Labute approximate surface area is 136 Å². The zero-order valence-corrected chi connectivity index (χ0v) is 13.6. The summed E-state index contributed by atoms with van der Waals surface area (Å²) in [6, 6.07) is 13.7. The lowest BCUT2D eigenvalue weighted by atomic mass is 10.0. The maximum atomic E-state index is 12.2. The molecular formula is C17H19NO4S. The summed E-state index contributed by atoms with van der Waals surface area (Å²) in [6.07, 6.45) is 1.32. The van der Waals surface area contributed by atoms with Crippen molar-refractivity contribution in [2.45, 2.75) is 19.8 Å². The Morgan fingerprint density at radius 3 is 2.43 bits per heavy atom. The van der Waals surface area contributed by atoms with Crippen LogP contribution in [0.4, 0.5) is 5.69 Å². The molecule has 0 aliphatic heterocycles. The maximum Gasteiger partial charge on any atom is 0.335 e. The molecule has 2 aromatic carbocycles. The molecule has 0 fully saturated rings. The lowest BCUT2D eigenvalue weighted by Crippen LogP contribution is -2.17. The molecule has 0 aliphatic carbocycles. The van der Waals surface area contributed by atoms with Crippen LogP contribution in [0, 0.1) is 0 Å². The third kappa shape index (κ3) is 4.56. The van der Waals surface area contributed by atoms with Gasteiger partial charge < -0.3 is 5.11 Å². The zero-order valence-electron chi connectivity index (χ0n) is 12.8. The van der Waals surface area contributed by atoms with Gasteiger partial charge in [0.1, 0.15) is 0 Å². The SMILES string of the molecule is CCCCS(=O)(=O)Nc1cc(C(=O)O)ccc1-c1ccccc1. The van der Waals surface area contributed by atoms with Crippen LogP contribution < -0.4 is 4.72 Å². The molecular weight excluding hydrogens is 314 g/mol. The van der Waals surface area contributed by atoms with Crippen molar-refractivity contribution in [1.82, 2.24) is 0 Å². The highest BCUT2D eigenvalue weighted by Crippen LogP contribution is 2.30. The van der Waals surface area contributed by atoms with Gasteiger partial charge in [0, 0.05) is 5.56 Å². The van der Waals surface area contributed by atoms with Gasteiger partial charge in [-0.15, -0.1) is 0 Å². The fourth-order valence-corrected chi connectivity index (χ4v) is 3.46. The highest BCUT2D eigenvalue weighted by molar-refractivity contribution is 7.92. The van der Waals surface area contributed by atoms with E-state index in [1.807, 2.05) is 37.3 Å². The molecule has 0 saturated carbocycles. The van der Waals surface area contributed by atoms with Gasteiger partial charge in [-0.2, -0.15) is 0 Å². The standard InChI is InChI=1S/C17H19NO4S/c1-2-3-11-23(21,22)18-16-12-14(17(19)20)9-10-15(16)13-7-5-4-6-8-13/h4-10,12,18H,2-3,11H2,1H3,(H,19,20). The third-order valence-corrected chi connectivity index (χ3v) is 4.74. The van der Waals surface area contributed by atoms with Crippen molar-refractivity contribution in [3.05, 3.63) is 54.1 Å². The van der Waals surface area contributed by atoms with Gasteiger partial charge in [-0.05, 0) is 24.1 Å². The topological polar surface area (TPSA) is 83.5 Å². The van der Waals surface area contributed by atoms with Gasteiger partial charge in [0.25, 0.3) is 0 Å². The summed E-state index contributed by atoms with van der Waals surface area (Å²) in [7, 11) is -3.51. The summed E-state index contributed by atoms with van der Waals surface area (Å²) in [4.78, 5) is 11.2. The molecule has 0 aromatic heterocycles. The van der Waals surface area contributed by atoms with E-state index < -0.39 is 16.0 Å². The van der Waals surface area contributed by atoms with E-state index >= 15 is 0 Å². The summed E-state index contributed by atoms with van der Waals surface area (Å²) in [5, 5.41) is 9.13. The number of hydrogen-bond acceptors (Lipinski definition) is 3. The van der Waals surface area contributed by atoms with Crippen LogP contribution in [0.25, 0.3) is 11.1 Å². The summed E-state index contributed by atoms with van der Waals surface area (Å²) in [5.41, 5.74) is 1.79. The highest BCUT2D eigenvalue weighted by atomic mass is 32.2. The van der Waals surface area contributed by atoms with Gasteiger partial charge in [0.05, 0.1) is 17.0 Å². The monoisotopic (exact) mass is 333 g/mol. The maximum absolute atomic E-state index is 12.2. The summed E-state index contributed by atoms with van der Waals surface area (Å²) >= 11 is 0. The van der Waals surface area contributed by atoms with Crippen molar-refractivity contribution in [2.75, 3.05) is 10.5 Å². The molecule has 0 saturated heterocycles. The quantitative estimate of drug-likeness (QED) is 0.811. The van der Waals surface area contributed by atoms with E-state index in [1.54, 1.807) is 6.07 Å². The lowest BCUT2D eigenvalue weighted by molar-refractivity contribution is 0.0697. The van der Waals surface area contributed by atoms with E-state index in [1.165, 1.54) is 12.1 Å². The number of sulfonamides is 1. The molecule has 0 heterocycles. The molecule has 0 unspecified atom stereocenters. The van der Waals surface area contributed by atoms with Crippen molar-refractivity contribution in [3.63, 3.8) is 0 Å². The normalized spacial score (nSPS) is 11.2. The molecule has 0 radical (unpaired) electrons. The predicted octanol–water partition coefficient (Wildman–Crippen LogP) is 3.59. The molecule has 23 heavy (non-hydrogen) atoms. The minimum absolute atomic E-state index is 0.00896. The first-order chi connectivity index (χ1) is 10.9. The van der Waals surface area contributed by atoms with Crippen molar-refractivity contribution < 1.29 is 18.3 Å². The van der Waals surface area contributed by atoms with Gasteiger partial charge in [-0.3, -0.25) is 4.72 Å². The third-order valence-electron chi connectivity index (χ3n) is 3.38. The van der Waals surface area contributed by atoms with E-state index in [-0.39, 0.29) is 17.0 Å². The molecule has 0 atom stereocenters. The second-order valence-electron chi connectivity index (χ2n) is 5.21. The summed E-state index contributed by atoms with van der Waals surface area (Å²) in [5.74, 6) is -1.09. The zero-order chi connectivity index (χ0) is 16.9. The number of carboxylic acids is 1. The summed E-state index contributed by atoms with van der Waals surface area (Å²) < 4.78 is 26.9. The van der Waals surface area contributed by atoms with Gasteiger partial charge in [-0.1, -0.05) is 49.7 Å². The molecule has 0 amide bonds. The number of benzene rings is 2. The first-order valence-electron chi connectivity index (χ1n) is 7.36. The molecule has 2 aromatic rings. The molecule has 122 valence electrons. The van der Waals surface area contributed by atoms with E-state index in [2.05, 4.69) is 4.72 Å². The fraction of sp³-hybridized carbons (Fsp3) is 0.235. The van der Waals surface area contributed by atoms with Crippen molar-refractivity contribution in [2.24, 2.45) is 0 Å². The van der Waals surface area contributed by atoms with Gasteiger partial charge in [0.2, 0.25) is 10.0 Å². The van der Waals surface area contributed by atoms with Crippen LogP contribution in [0.3, 0.4) is 0 Å². The Kier molecular flexibility index (Phi) is 5.39. The Hall–Kier alpha value is -2.34. The van der Waals surface area contributed by atoms with Crippen LogP contribution in [0.15, 0.2) is 48.5 Å². The van der Waals surface area contributed by atoms with Crippen LogP contribution in [0.5, 0.6) is 0 Å². The molecule has 2 rings (SSSR count). The Bertz CT molecular complexity index is 785. The number of carboxylic acid groups (broad SMARTS) is 1. The predicted molar refractivity (Wildman–Crippen MR) is 91.2 cm³/mol. The number of nitrogens with one attached hydrogen (secondary N) is 1. The largest absolute Gasteiger partial charge is 0.478 e. The first kappa shape index (κ1) is 17.0. The number of anilines is 1. The highest BCUT2D eigenvalue weighted by Gasteiger charge is 2.15. The van der Waals surface area contributed by atoms with Crippen LogP contribution in [0.2, 0.25) is 0 Å². The Morgan fingerprint density at radius 1 is 1.13 bits per heavy atom. The Morgan fingerprint density at radius 2 is 1.83 bits per heavy atom. The van der Waals surface area contributed by atoms with Crippen molar-refractivity contribution in [1.29, 1.82) is 0 Å². The lowest BCUT2D eigenvalue weighted by Gasteiger charge is -2.13. The van der Waals surface area contributed by atoms with E-state index in [4.69, 9.17) is 5.11 Å². The van der Waals surface area contributed by atoms with Crippen molar-refractivity contribution in [3.8, 4) is 11.1 Å². The number of carbonyl (C=O) groups is 1. The number of aromatic carboxylic acids is 1. The number of rotatable bonds is 7. The van der Waals surface area contributed by atoms with Crippen LogP contribution in [-0.4, -0.2) is 25.2 Å². The molecule has 0 bridgehead atoms. The van der Waals surface area contributed by atoms with Gasteiger partial charge in [-0.25, -0.2) is 13.2 Å². The van der Waals surface area contributed by atoms with Gasteiger partial charge in [0.15, 0.2) is 0 Å². The Balaban J connectivity index is 2.46. The van der Waals surface area contributed by atoms with Crippen LogP contribution in [0.1, 0.15) is 30.1 Å². The molecule has 5 nitrogen and oxygen atoms in total. The van der Waals surface area contributed by atoms with E-state index in [0.717, 1.165) is 12.0 Å². The molecule has 6 heteroatoms. The number of hydrogen-bond donors (Lipinski definition) is 2. The second kappa shape index (κ2) is 7.28. The van der Waals surface area contributed by atoms with Crippen LogP contribution >= 0.6 is 0 Å². The van der Waals surface area contributed by atoms with E-state index in [9.17, 15) is 13.2 Å². The van der Waals surface area contributed by atoms with Crippen molar-refractivity contribution >= 4 is 21.7 Å².